The Bertz CT molecular complexity index is 1150. The molecule has 4 aromatic rings. The van der Waals surface area contributed by atoms with Crippen molar-refractivity contribution in [2.24, 2.45) is 0 Å². The first-order valence-corrected chi connectivity index (χ1v) is 9.18. The van der Waals surface area contributed by atoms with Crippen LogP contribution in [0.25, 0.3) is 16.6 Å². The molecule has 138 valence electrons. The van der Waals surface area contributed by atoms with Crippen LogP contribution in [0.4, 0.5) is 5.82 Å². The molecule has 0 bridgehead atoms. The van der Waals surface area contributed by atoms with E-state index < -0.39 is 4.92 Å². The molecule has 0 amide bonds. The van der Waals surface area contributed by atoms with E-state index in [1.807, 2.05) is 35.6 Å². The van der Waals surface area contributed by atoms with Gasteiger partial charge in [-0.15, -0.1) is 10.2 Å². The van der Waals surface area contributed by atoms with Crippen molar-refractivity contribution in [2.45, 2.75) is 18.6 Å². The van der Waals surface area contributed by atoms with E-state index in [2.05, 4.69) is 15.3 Å². The second-order valence-electron chi connectivity index (χ2n) is 5.93. The fourth-order valence-electron chi connectivity index (χ4n) is 2.93. The van der Waals surface area contributed by atoms with Crippen molar-refractivity contribution in [3.05, 3.63) is 52.2 Å². The average Bonchev–Trinajstić information content (AvgIpc) is 3.29. The zero-order valence-corrected chi connectivity index (χ0v) is 15.5. The molecule has 3 aromatic heterocycles. The third-order valence-corrected chi connectivity index (χ3v) is 5.15. The number of rotatable bonds is 6. The summed E-state index contributed by atoms with van der Waals surface area (Å²) in [6.45, 7) is 2.57. The van der Waals surface area contributed by atoms with Crippen LogP contribution in [-0.2, 0) is 6.54 Å². The summed E-state index contributed by atoms with van der Waals surface area (Å²) in [4.78, 5) is 10.2. The molecule has 0 fully saturated rings. The van der Waals surface area contributed by atoms with Crippen LogP contribution in [0.15, 0.2) is 41.7 Å². The number of nitro groups is 1. The molecule has 1 aromatic carbocycles. The Balaban J connectivity index is 1.63. The summed E-state index contributed by atoms with van der Waals surface area (Å²) >= 11 is 1.52. The number of aromatic nitrogens is 5. The van der Waals surface area contributed by atoms with Crippen LogP contribution in [0.5, 0.6) is 5.75 Å². The van der Waals surface area contributed by atoms with Crippen LogP contribution in [-0.4, -0.2) is 42.2 Å². The van der Waals surface area contributed by atoms with E-state index >= 15 is 0 Å². The Morgan fingerprint density at radius 1 is 1.26 bits per heavy atom. The van der Waals surface area contributed by atoms with Crippen LogP contribution in [0.2, 0.25) is 0 Å². The fraction of sp³-hybridized carbons (Fsp3) is 0.235. The zero-order chi connectivity index (χ0) is 19.0. The standard InChI is InChI=1S/C17H16N6O3S/c1-11-9-16-18-19-17(22(16)14-10-12(26-2)3-4-13(11)14)27-8-7-21-6-5-15(20-21)23(24)25/h3-6,9-10H,7-8H2,1-2H3. The first-order valence-electron chi connectivity index (χ1n) is 8.20. The summed E-state index contributed by atoms with van der Waals surface area (Å²) in [5, 5.41) is 25.1. The number of pyridine rings is 1. The lowest BCUT2D eigenvalue weighted by molar-refractivity contribution is -0.389. The molecule has 0 aliphatic rings. The van der Waals surface area contributed by atoms with E-state index in [0.717, 1.165) is 33.0 Å². The van der Waals surface area contributed by atoms with Crippen molar-refractivity contribution in [1.82, 2.24) is 24.4 Å². The third kappa shape index (κ3) is 3.19. The van der Waals surface area contributed by atoms with Crippen molar-refractivity contribution in [1.29, 1.82) is 0 Å². The Hall–Kier alpha value is -3.14. The van der Waals surface area contributed by atoms with Gasteiger partial charge in [-0.05, 0) is 35.6 Å². The van der Waals surface area contributed by atoms with E-state index in [4.69, 9.17) is 4.74 Å². The third-order valence-electron chi connectivity index (χ3n) is 4.24. The Morgan fingerprint density at radius 3 is 2.85 bits per heavy atom. The van der Waals surface area contributed by atoms with Gasteiger partial charge in [0.25, 0.3) is 0 Å². The first-order chi connectivity index (χ1) is 13.1. The van der Waals surface area contributed by atoms with Gasteiger partial charge in [-0.2, -0.15) is 4.68 Å². The highest BCUT2D eigenvalue weighted by Crippen LogP contribution is 2.28. The topological polar surface area (TPSA) is 100 Å². The predicted molar refractivity (Wildman–Crippen MR) is 101 cm³/mol. The van der Waals surface area contributed by atoms with Gasteiger partial charge in [0.1, 0.15) is 5.75 Å². The van der Waals surface area contributed by atoms with Crippen molar-refractivity contribution >= 4 is 34.1 Å². The molecule has 4 rings (SSSR count). The Labute approximate surface area is 158 Å². The van der Waals surface area contributed by atoms with Crippen LogP contribution < -0.4 is 4.74 Å². The first kappa shape index (κ1) is 17.3. The molecule has 0 aliphatic carbocycles. The van der Waals surface area contributed by atoms with Gasteiger partial charge >= 0.3 is 5.82 Å². The maximum atomic E-state index is 10.7. The predicted octanol–water partition coefficient (Wildman–Crippen LogP) is 3.10. The maximum Gasteiger partial charge on any atom is 0.389 e. The van der Waals surface area contributed by atoms with Crippen LogP contribution in [0.3, 0.4) is 0 Å². The number of fused-ring (bicyclic) bond motifs is 3. The molecular formula is C17H16N6O3S. The smallest absolute Gasteiger partial charge is 0.389 e. The van der Waals surface area contributed by atoms with Gasteiger partial charge < -0.3 is 14.9 Å². The Morgan fingerprint density at radius 2 is 2.11 bits per heavy atom. The van der Waals surface area contributed by atoms with Gasteiger partial charge in [0.15, 0.2) is 10.8 Å². The fourth-order valence-corrected chi connectivity index (χ4v) is 3.81. The van der Waals surface area contributed by atoms with E-state index in [1.165, 1.54) is 17.8 Å². The van der Waals surface area contributed by atoms with E-state index in [0.29, 0.717) is 12.3 Å². The molecule has 27 heavy (non-hydrogen) atoms. The summed E-state index contributed by atoms with van der Waals surface area (Å²) < 4.78 is 8.92. The molecule has 0 saturated carbocycles. The van der Waals surface area contributed by atoms with Crippen molar-refractivity contribution in [3.8, 4) is 5.75 Å². The molecule has 0 saturated heterocycles. The highest BCUT2D eigenvalue weighted by Gasteiger charge is 2.14. The highest BCUT2D eigenvalue weighted by atomic mass is 32.2. The number of hydrogen-bond acceptors (Lipinski definition) is 7. The lowest BCUT2D eigenvalue weighted by atomic mass is 10.1. The minimum absolute atomic E-state index is 0.151. The van der Waals surface area contributed by atoms with Gasteiger partial charge in [-0.3, -0.25) is 4.40 Å². The van der Waals surface area contributed by atoms with E-state index in [-0.39, 0.29) is 5.82 Å². The molecule has 0 spiro atoms. The van der Waals surface area contributed by atoms with Gasteiger partial charge in [-0.1, -0.05) is 11.8 Å². The summed E-state index contributed by atoms with van der Waals surface area (Å²) in [6.07, 6.45) is 1.60. The summed E-state index contributed by atoms with van der Waals surface area (Å²) in [5.74, 6) is 1.27. The molecule has 0 unspecified atom stereocenters. The molecule has 3 heterocycles. The summed E-state index contributed by atoms with van der Waals surface area (Å²) in [6, 6.07) is 9.32. The minimum atomic E-state index is -0.502. The average molecular weight is 384 g/mol. The number of nitrogens with zero attached hydrogens (tertiary/aromatic N) is 6. The Kier molecular flexibility index (Phi) is 4.40. The second kappa shape index (κ2) is 6.88. The number of methoxy groups -OCH3 is 1. The number of thioether (sulfide) groups is 1. The highest BCUT2D eigenvalue weighted by molar-refractivity contribution is 7.99. The van der Waals surface area contributed by atoms with Gasteiger partial charge in [0, 0.05) is 17.2 Å². The van der Waals surface area contributed by atoms with Crippen LogP contribution in [0.1, 0.15) is 5.56 Å². The number of aryl methyl sites for hydroxylation is 2. The van der Waals surface area contributed by atoms with E-state index in [9.17, 15) is 10.1 Å². The molecule has 0 atom stereocenters. The molecule has 0 aliphatic heterocycles. The molecular weight excluding hydrogens is 368 g/mol. The lowest BCUT2D eigenvalue weighted by Crippen LogP contribution is -2.03. The van der Waals surface area contributed by atoms with Crippen molar-refractivity contribution < 1.29 is 9.66 Å². The van der Waals surface area contributed by atoms with Gasteiger partial charge in [-0.25, -0.2) is 0 Å². The van der Waals surface area contributed by atoms with Gasteiger partial charge in [0.05, 0.1) is 36.5 Å². The summed E-state index contributed by atoms with van der Waals surface area (Å²) in [7, 11) is 1.64. The molecule has 10 heteroatoms. The lowest BCUT2D eigenvalue weighted by Gasteiger charge is -2.09. The number of benzene rings is 1. The van der Waals surface area contributed by atoms with E-state index in [1.54, 1.807) is 18.0 Å². The van der Waals surface area contributed by atoms with Crippen LogP contribution in [0, 0.1) is 17.0 Å². The van der Waals surface area contributed by atoms with Gasteiger partial charge in [0.2, 0.25) is 0 Å². The normalized spacial score (nSPS) is 11.3. The zero-order valence-electron chi connectivity index (χ0n) is 14.7. The monoisotopic (exact) mass is 384 g/mol. The SMILES string of the molecule is COc1ccc2c(C)cc3nnc(SCCn4ccc([N+](=O)[O-])n4)n3c2c1. The summed E-state index contributed by atoms with van der Waals surface area (Å²) in [5.41, 5.74) is 2.87. The number of ether oxygens (including phenoxy) is 1. The van der Waals surface area contributed by atoms with Crippen LogP contribution >= 0.6 is 11.8 Å². The van der Waals surface area contributed by atoms with Crippen molar-refractivity contribution in [3.63, 3.8) is 0 Å². The second-order valence-corrected chi connectivity index (χ2v) is 6.99. The number of hydrogen-bond donors (Lipinski definition) is 0. The van der Waals surface area contributed by atoms with Crippen molar-refractivity contribution in [2.75, 3.05) is 12.9 Å². The maximum absolute atomic E-state index is 10.7. The molecule has 0 N–H and O–H groups in total. The largest absolute Gasteiger partial charge is 0.497 e. The minimum Gasteiger partial charge on any atom is -0.497 e. The molecule has 0 radical (unpaired) electrons. The quantitative estimate of drug-likeness (QED) is 0.286. The molecule has 9 nitrogen and oxygen atoms in total.